The molecule has 0 radical (unpaired) electrons. The largest absolute Gasteiger partial charge is 0.389 e. The first-order chi connectivity index (χ1) is 41.7. The van der Waals surface area contributed by atoms with E-state index in [4.69, 9.17) is 45.9 Å². The molecule has 0 aromatic carbocycles. The molecule has 1 fully saturated rings. The average Bonchev–Trinajstić information content (AvgIpc) is 4.06. The molecule has 2 rings (SSSR count). The van der Waals surface area contributed by atoms with Gasteiger partial charge in [0.1, 0.15) is 48.0 Å². The number of aromatic amines is 1. The molecule has 0 aliphatic carbocycles. The number of likely N-dealkylation sites (N-methyl/N-ethyl adjacent to an activating group) is 1. The molecule has 0 saturated carbocycles. The minimum Gasteiger partial charge on any atom is -0.389 e. The number of nitrogens with zero attached hydrogens (tertiary/aromatic N) is 3. The van der Waals surface area contributed by atoms with E-state index in [0.717, 1.165) is 0 Å². The Hall–Kier alpha value is -7.40. The number of rotatable bonds is 45. The summed E-state index contributed by atoms with van der Waals surface area (Å²) in [7, 11) is 1.56. The Bertz CT molecular complexity index is 2360. The number of likely N-dealkylation sites (tertiary alicyclic amines) is 1. The van der Waals surface area contributed by atoms with Crippen molar-refractivity contribution < 1.29 is 53.1 Å². The lowest BCUT2D eigenvalue weighted by molar-refractivity contribution is -0.142. The van der Waals surface area contributed by atoms with Crippen LogP contribution in [0.1, 0.15) is 115 Å². The molecule has 9 atom stereocenters. The summed E-state index contributed by atoms with van der Waals surface area (Å²) in [5.41, 5.74) is 45.4. The maximum atomic E-state index is 14.5. The molecule has 1 saturated heterocycles. The molecule has 33 heteroatoms. The number of carbonyl (C=O) groups is 10. The molecule has 33 nitrogen and oxygen atoms in total. The monoisotopic (exact) mass is 1230 g/mol. The second-order valence-corrected chi connectivity index (χ2v) is 21.1. The smallest absolute Gasteiger partial charge is 0.268 e. The summed E-state index contributed by atoms with van der Waals surface area (Å²) in [6, 6.07) is -9.59. The topological polar surface area (TPSA) is 564 Å². The van der Waals surface area contributed by atoms with Crippen LogP contribution in [0.15, 0.2) is 29.3 Å². The Morgan fingerprint density at radius 3 is 1.86 bits per heavy atom. The summed E-state index contributed by atoms with van der Waals surface area (Å²) in [6.07, 6.45) is 8.53. The van der Waals surface area contributed by atoms with Crippen molar-refractivity contribution in [2.75, 3.05) is 72.5 Å². The fourth-order valence-electron chi connectivity index (χ4n) is 9.19. The van der Waals surface area contributed by atoms with Crippen LogP contribution in [0.4, 0.5) is 0 Å². The molecule has 87 heavy (non-hydrogen) atoms. The standard InChI is InChI=1S/C54H100N22O11/c1-33(69-52(86)44(42(77)29-60)75-47(81)35(63-2)14-3-6-20-55)45(79)67-31-43(78)70-39(17-11-24-59)53(87)76-27-13-19-41(76)51(85)74-40(28-34-30-64-32-68-34)50(84)73-37(16-5-8-22-57)48(82)72-38(18-12-26-66-54(61)62)49(83)71-36(15-4-7-21-56)46(80)65-25-10-9-23-58/h18,30,32-33,35-37,39-42,44,63,77H,3-17,19-29,31,55-60H2,1-2H3,(H,64,68)(H,65,80)(H,67,79)(H,69,86)(H,70,78)(H,71,83)(H,72,82)(H,73,84)(H,74,85)(H,75,81)(H4,61,62,66)/b38-18-/t33?,35?,36-,37-,39+,40?,41-,42-,44-/m0/s1. The third-order valence-corrected chi connectivity index (χ3v) is 14.1. The third-order valence-electron chi connectivity index (χ3n) is 14.1. The van der Waals surface area contributed by atoms with Crippen LogP contribution in [0.3, 0.4) is 0 Å². The summed E-state index contributed by atoms with van der Waals surface area (Å²) >= 11 is 0. The number of guanidine groups is 1. The molecule has 3 unspecified atom stereocenters. The fourth-order valence-corrected chi connectivity index (χ4v) is 9.19. The number of amides is 10. The quantitative estimate of drug-likeness (QED) is 0.0125. The highest BCUT2D eigenvalue weighted by Crippen LogP contribution is 2.21. The van der Waals surface area contributed by atoms with E-state index in [-0.39, 0.29) is 82.8 Å². The van der Waals surface area contributed by atoms with E-state index in [1.165, 1.54) is 30.4 Å². The Balaban J connectivity index is 2.33. The maximum Gasteiger partial charge on any atom is 0.268 e. The van der Waals surface area contributed by atoms with E-state index in [9.17, 15) is 53.1 Å². The first kappa shape index (κ1) is 75.7. The summed E-state index contributed by atoms with van der Waals surface area (Å²) in [6.45, 7) is 2.31. The normalized spacial score (nSPS) is 15.9. The first-order valence-corrected chi connectivity index (χ1v) is 30.0. The lowest BCUT2D eigenvalue weighted by Gasteiger charge is -2.30. The van der Waals surface area contributed by atoms with Gasteiger partial charge in [0.05, 0.1) is 25.0 Å². The number of aliphatic hydroxyl groups is 1. The van der Waals surface area contributed by atoms with Gasteiger partial charge < -0.3 is 114 Å². The molecule has 0 bridgehead atoms. The van der Waals surface area contributed by atoms with Crippen molar-refractivity contribution in [1.82, 2.24) is 68.0 Å². The minimum atomic E-state index is -1.53. The number of hydrogen-bond acceptors (Lipinski definition) is 20. The van der Waals surface area contributed by atoms with Crippen molar-refractivity contribution in [3.05, 3.63) is 30.0 Å². The van der Waals surface area contributed by atoms with Gasteiger partial charge >= 0.3 is 0 Å². The van der Waals surface area contributed by atoms with Crippen LogP contribution in [0.2, 0.25) is 0 Å². The molecule has 1 aliphatic rings. The highest BCUT2D eigenvalue weighted by Gasteiger charge is 2.40. The molecular formula is C54H100N22O11. The molecule has 1 aromatic rings. The van der Waals surface area contributed by atoms with Crippen LogP contribution in [0.5, 0.6) is 0 Å². The number of H-pyrrole nitrogens is 1. The summed E-state index contributed by atoms with van der Waals surface area (Å²) < 4.78 is 0. The average molecular weight is 1230 g/mol. The van der Waals surface area contributed by atoms with Gasteiger partial charge in [-0.15, -0.1) is 0 Å². The number of hydrogen-bond donors (Lipinski definition) is 20. The predicted octanol–water partition coefficient (Wildman–Crippen LogP) is -7.46. The lowest BCUT2D eigenvalue weighted by Crippen LogP contribution is -2.60. The zero-order valence-corrected chi connectivity index (χ0v) is 50.5. The van der Waals surface area contributed by atoms with Crippen molar-refractivity contribution in [3.8, 4) is 0 Å². The van der Waals surface area contributed by atoms with Crippen molar-refractivity contribution in [2.45, 2.75) is 171 Å². The summed E-state index contributed by atoms with van der Waals surface area (Å²) in [4.78, 5) is 150. The number of carbonyl (C=O) groups excluding carboxylic acids is 10. The van der Waals surface area contributed by atoms with Crippen molar-refractivity contribution in [3.63, 3.8) is 0 Å². The molecule has 0 spiro atoms. The Labute approximate surface area is 508 Å². The van der Waals surface area contributed by atoms with E-state index >= 15 is 0 Å². The van der Waals surface area contributed by atoms with Gasteiger partial charge in [-0.25, -0.2) is 4.98 Å². The maximum absolute atomic E-state index is 14.5. The molecular weight excluding hydrogens is 1130 g/mol. The Kier molecular flexibility index (Phi) is 37.6. The van der Waals surface area contributed by atoms with Gasteiger partial charge in [-0.2, -0.15) is 0 Å². The summed E-state index contributed by atoms with van der Waals surface area (Å²) in [5, 5.41) is 37.0. The molecule has 1 aromatic heterocycles. The second kappa shape index (κ2) is 43.3. The van der Waals surface area contributed by atoms with Gasteiger partial charge in [0, 0.05) is 44.5 Å². The molecule has 28 N–H and O–H groups in total. The number of nitrogens with two attached hydrogens (primary N) is 8. The van der Waals surface area contributed by atoms with Crippen LogP contribution in [-0.2, 0) is 54.4 Å². The van der Waals surface area contributed by atoms with Gasteiger partial charge in [0.25, 0.3) is 5.91 Å². The fraction of sp³-hybridized carbons (Fsp3) is 0.704. The molecule has 2 heterocycles. The zero-order chi connectivity index (χ0) is 64.7. The number of aliphatic hydroxyl groups excluding tert-OH is 1. The minimum absolute atomic E-state index is 0.0313. The van der Waals surface area contributed by atoms with Crippen LogP contribution >= 0.6 is 0 Å². The van der Waals surface area contributed by atoms with Crippen LogP contribution in [0.25, 0.3) is 0 Å². The zero-order valence-electron chi connectivity index (χ0n) is 50.5. The van der Waals surface area contributed by atoms with E-state index in [0.29, 0.717) is 96.1 Å². The predicted molar refractivity (Wildman–Crippen MR) is 325 cm³/mol. The van der Waals surface area contributed by atoms with Crippen molar-refractivity contribution in [1.29, 1.82) is 0 Å². The number of imidazole rings is 1. The SMILES string of the molecule is CNC(CCCCN)C(=O)N[C@H](C(=O)NC(C)C(=O)NCC(=O)N[C@H](CCCN)C(=O)N1CCC[C@H]1C(=O)NC(Cc1cnc[nH]1)C(=O)N[C@@H](CCCCN)C(=O)N/C(=C\CCN=C(N)N)C(=O)N[C@@H](CCCCN)C(=O)NCCCCN)[C@@H](O)CN. The van der Waals surface area contributed by atoms with Gasteiger partial charge in [0.2, 0.25) is 53.2 Å². The van der Waals surface area contributed by atoms with Gasteiger partial charge in [-0.05, 0) is 143 Å². The second-order valence-electron chi connectivity index (χ2n) is 21.1. The van der Waals surface area contributed by atoms with Crippen LogP contribution in [-0.4, -0.2) is 212 Å². The summed E-state index contributed by atoms with van der Waals surface area (Å²) in [5.74, 6) is -7.60. The van der Waals surface area contributed by atoms with E-state index < -0.39 is 127 Å². The molecule has 492 valence electrons. The van der Waals surface area contributed by atoms with E-state index in [1.54, 1.807) is 7.05 Å². The Morgan fingerprint density at radius 1 is 0.678 bits per heavy atom. The third kappa shape index (κ3) is 28.8. The van der Waals surface area contributed by atoms with Gasteiger partial charge in [-0.1, -0.05) is 12.5 Å². The van der Waals surface area contributed by atoms with Gasteiger partial charge in [-0.3, -0.25) is 52.9 Å². The van der Waals surface area contributed by atoms with Crippen LogP contribution in [0, 0.1) is 0 Å². The first-order valence-electron chi connectivity index (χ1n) is 30.0. The van der Waals surface area contributed by atoms with E-state index in [2.05, 4.69) is 68.1 Å². The number of nitrogens with one attached hydrogen (secondary N) is 11. The number of aromatic nitrogens is 2. The molecule has 10 amide bonds. The van der Waals surface area contributed by atoms with Crippen molar-refractivity contribution >= 4 is 65.0 Å². The van der Waals surface area contributed by atoms with Crippen molar-refractivity contribution in [2.24, 2.45) is 50.9 Å². The van der Waals surface area contributed by atoms with Crippen LogP contribution < -0.4 is 99.0 Å². The molecule has 1 aliphatic heterocycles. The highest BCUT2D eigenvalue weighted by atomic mass is 16.3. The number of unbranched alkanes of at least 4 members (excludes halogenated alkanes) is 4. The number of aliphatic imine (C=N–C) groups is 1. The Morgan fingerprint density at radius 2 is 1.28 bits per heavy atom. The lowest BCUT2D eigenvalue weighted by atomic mass is 10.0. The highest BCUT2D eigenvalue weighted by molar-refractivity contribution is 6.02. The van der Waals surface area contributed by atoms with E-state index in [1.807, 2.05) is 0 Å². The van der Waals surface area contributed by atoms with Gasteiger partial charge in [0.15, 0.2) is 5.96 Å².